The first-order valence-corrected chi connectivity index (χ1v) is 4.21. The summed E-state index contributed by atoms with van der Waals surface area (Å²) >= 11 is 0. The zero-order valence-electron chi connectivity index (χ0n) is 7.51. The summed E-state index contributed by atoms with van der Waals surface area (Å²) in [5, 5.41) is 2.91. The normalized spacial score (nSPS) is 25.4. The van der Waals surface area contributed by atoms with Crippen molar-refractivity contribution in [3.63, 3.8) is 0 Å². The van der Waals surface area contributed by atoms with Crippen LogP contribution in [0.2, 0.25) is 0 Å². The molecule has 0 saturated heterocycles. The van der Waals surface area contributed by atoms with Crippen molar-refractivity contribution in [2.75, 3.05) is 0 Å². The molecule has 0 radical (unpaired) electrons. The van der Waals surface area contributed by atoms with Crippen molar-refractivity contribution in [1.29, 1.82) is 0 Å². The third-order valence-electron chi connectivity index (χ3n) is 1.92. The van der Waals surface area contributed by atoms with Gasteiger partial charge in [0.15, 0.2) is 0 Å². The topological polar surface area (TPSA) is 89.3 Å². The molecule has 0 saturated carbocycles. The predicted octanol–water partition coefficient (Wildman–Crippen LogP) is -0.375. The van der Waals surface area contributed by atoms with Crippen LogP contribution in [-0.4, -0.2) is 10.8 Å². The van der Waals surface area contributed by atoms with Crippen LogP contribution in [0.3, 0.4) is 0 Å². The number of hydrogen-bond donors (Lipinski definition) is 3. The van der Waals surface area contributed by atoms with Crippen LogP contribution >= 0.6 is 0 Å². The molecule has 5 N–H and O–H groups in total. The summed E-state index contributed by atoms with van der Waals surface area (Å²) < 4.78 is 0. The van der Waals surface area contributed by atoms with Crippen LogP contribution in [0.15, 0.2) is 41.7 Å². The quantitative estimate of drug-likeness (QED) is 0.562. The highest BCUT2D eigenvalue weighted by molar-refractivity contribution is 5.92. The van der Waals surface area contributed by atoms with Gasteiger partial charge >= 0.3 is 0 Å². The molecule has 0 aliphatic carbocycles. The van der Waals surface area contributed by atoms with Gasteiger partial charge in [-0.2, -0.15) is 0 Å². The smallest absolute Gasteiger partial charge is 0.228 e. The minimum Gasteiger partial charge on any atom is -0.384 e. The molecule has 0 aromatic carbocycles. The van der Waals surface area contributed by atoms with Crippen LogP contribution in [0.1, 0.15) is 5.69 Å². The lowest BCUT2D eigenvalue weighted by Gasteiger charge is -2.27. The molecule has 0 amide bonds. The fraction of sp³-hybridized carbons (Fsp3) is 0.111. The van der Waals surface area contributed by atoms with Crippen LogP contribution in [0, 0.1) is 0 Å². The first-order chi connectivity index (χ1) is 6.71. The summed E-state index contributed by atoms with van der Waals surface area (Å²) in [5.74, 6) is -0.656. The fourth-order valence-electron chi connectivity index (χ4n) is 1.25. The number of hydrogen-bond acceptors (Lipinski definition) is 5. The molecule has 1 aliphatic heterocycles. The van der Waals surface area contributed by atoms with E-state index in [2.05, 4.69) is 15.3 Å². The molecule has 1 aromatic rings. The molecule has 5 nitrogen and oxygen atoms in total. The monoisotopic (exact) mass is 189 g/mol. The number of nitrogens with one attached hydrogen (secondary N) is 1. The van der Waals surface area contributed by atoms with Crippen molar-refractivity contribution in [1.82, 2.24) is 10.3 Å². The van der Waals surface area contributed by atoms with Gasteiger partial charge in [-0.05, 0) is 18.2 Å². The van der Waals surface area contributed by atoms with Crippen molar-refractivity contribution in [3.8, 4) is 0 Å². The van der Waals surface area contributed by atoms with Gasteiger partial charge in [-0.25, -0.2) is 4.99 Å². The molecule has 1 aromatic heterocycles. The van der Waals surface area contributed by atoms with Crippen molar-refractivity contribution in [2.45, 2.75) is 5.79 Å². The SMILES string of the molecule is NC1=NC(N)(c2ccccn2)NC=C1. The second-order valence-electron chi connectivity index (χ2n) is 3.00. The molecular weight excluding hydrogens is 178 g/mol. The van der Waals surface area contributed by atoms with E-state index in [1.807, 2.05) is 12.1 Å². The highest BCUT2D eigenvalue weighted by Gasteiger charge is 2.28. The van der Waals surface area contributed by atoms with Crippen molar-refractivity contribution < 1.29 is 0 Å². The Bertz CT molecular complexity index is 383. The third-order valence-corrected chi connectivity index (χ3v) is 1.92. The molecule has 0 bridgehead atoms. The van der Waals surface area contributed by atoms with Crippen LogP contribution in [0.25, 0.3) is 0 Å². The number of rotatable bonds is 1. The van der Waals surface area contributed by atoms with E-state index in [1.54, 1.807) is 24.5 Å². The van der Waals surface area contributed by atoms with Crippen LogP contribution in [0.4, 0.5) is 0 Å². The average Bonchev–Trinajstić information content (AvgIpc) is 2.19. The second-order valence-corrected chi connectivity index (χ2v) is 3.00. The summed E-state index contributed by atoms with van der Waals surface area (Å²) in [7, 11) is 0. The van der Waals surface area contributed by atoms with Crippen LogP contribution in [0.5, 0.6) is 0 Å². The Kier molecular flexibility index (Phi) is 1.94. The van der Waals surface area contributed by atoms with Crippen molar-refractivity contribution >= 4 is 5.84 Å². The van der Waals surface area contributed by atoms with Gasteiger partial charge in [0, 0.05) is 12.4 Å². The second kappa shape index (κ2) is 3.12. The number of nitrogens with two attached hydrogens (primary N) is 2. The zero-order valence-corrected chi connectivity index (χ0v) is 7.51. The van der Waals surface area contributed by atoms with E-state index in [0.29, 0.717) is 11.5 Å². The van der Waals surface area contributed by atoms with E-state index in [4.69, 9.17) is 11.5 Å². The Labute approximate surface area is 81.5 Å². The van der Waals surface area contributed by atoms with Gasteiger partial charge in [0.25, 0.3) is 0 Å². The lowest BCUT2D eigenvalue weighted by Crippen LogP contribution is -2.50. The number of aliphatic imine (C=N–C) groups is 1. The molecule has 2 heterocycles. The summed E-state index contributed by atoms with van der Waals surface area (Å²) in [6.07, 6.45) is 4.97. The maximum atomic E-state index is 5.98. The van der Waals surface area contributed by atoms with Gasteiger partial charge in [-0.15, -0.1) is 0 Å². The van der Waals surface area contributed by atoms with Crippen molar-refractivity contribution in [3.05, 3.63) is 42.4 Å². The summed E-state index contributed by atoms with van der Waals surface area (Å²) in [6.45, 7) is 0. The van der Waals surface area contributed by atoms with E-state index in [-0.39, 0.29) is 0 Å². The lowest BCUT2D eigenvalue weighted by atomic mass is 10.2. The Morgan fingerprint density at radius 1 is 1.36 bits per heavy atom. The standard InChI is InChI=1S/C9H11N5/c10-8-4-6-13-9(11,14-8)7-3-1-2-5-12-7/h1-6,13H,11H2,(H2,10,14). The molecule has 0 spiro atoms. The lowest BCUT2D eigenvalue weighted by molar-refractivity contribution is 0.397. The first kappa shape index (κ1) is 8.71. The summed E-state index contributed by atoms with van der Waals surface area (Å²) in [6, 6.07) is 5.46. The minimum absolute atomic E-state index is 0.386. The Hall–Kier alpha value is -1.88. The zero-order chi connectivity index (χ0) is 10.0. The van der Waals surface area contributed by atoms with E-state index in [9.17, 15) is 0 Å². The molecule has 1 unspecified atom stereocenters. The molecule has 1 atom stereocenters. The Morgan fingerprint density at radius 2 is 2.21 bits per heavy atom. The molecule has 1 aliphatic rings. The molecule has 14 heavy (non-hydrogen) atoms. The summed E-state index contributed by atoms with van der Waals surface area (Å²) in [5.41, 5.74) is 12.2. The van der Waals surface area contributed by atoms with Crippen LogP contribution < -0.4 is 16.8 Å². The maximum absolute atomic E-state index is 5.98. The molecule has 5 heteroatoms. The highest BCUT2D eigenvalue weighted by Crippen LogP contribution is 2.15. The largest absolute Gasteiger partial charge is 0.384 e. The predicted molar refractivity (Wildman–Crippen MR) is 54.0 cm³/mol. The van der Waals surface area contributed by atoms with Gasteiger partial charge in [0.1, 0.15) is 11.5 Å². The van der Waals surface area contributed by atoms with Gasteiger partial charge < -0.3 is 11.1 Å². The van der Waals surface area contributed by atoms with E-state index >= 15 is 0 Å². The molecule has 72 valence electrons. The highest BCUT2D eigenvalue weighted by atomic mass is 15.3. The van der Waals surface area contributed by atoms with Crippen LogP contribution in [-0.2, 0) is 5.79 Å². The van der Waals surface area contributed by atoms with E-state index in [1.165, 1.54) is 0 Å². The summed E-state index contributed by atoms with van der Waals surface area (Å²) in [4.78, 5) is 8.22. The van der Waals surface area contributed by atoms with Gasteiger partial charge in [0.2, 0.25) is 5.79 Å². The van der Waals surface area contributed by atoms with Gasteiger partial charge in [0.05, 0.1) is 0 Å². The maximum Gasteiger partial charge on any atom is 0.228 e. The number of aromatic nitrogens is 1. The minimum atomic E-state index is -1.04. The number of nitrogens with zero attached hydrogens (tertiary/aromatic N) is 2. The average molecular weight is 189 g/mol. The fourth-order valence-corrected chi connectivity index (χ4v) is 1.25. The number of amidine groups is 1. The van der Waals surface area contributed by atoms with E-state index in [0.717, 1.165) is 0 Å². The van der Waals surface area contributed by atoms with Gasteiger partial charge in [-0.3, -0.25) is 10.7 Å². The number of pyridine rings is 1. The Morgan fingerprint density at radius 3 is 2.86 bits per heavy atom. The molecule has 2 rings (SSSR count). The molecular formula is C9H11N5. The Balaban J connectivity index is 2.39. The third kappa shape index (κ3) is 1.45. The van der Waals surface area contributed by atoms with Gasteiger partial charge in [-0.1, -0.05) is 6.07 Å². The first-order valence-electron chi connectivity index (χ1n) is 4.21. The molecule has 0 fully saturated rings. The van der Waals surface area contributed by atoms with E-state index < -0.39 is 5.79 Å². The van der Waals surface area contributed by atoms with Crippen molar-refractivity contribution in [2.24, 2.45) is 16.5 Å².